The third-order valence-corrected chi connectivity index (χ3v) is 4.20. The topological polar surface area (TPSA) is 9.23 Å². The lowest BCUT2D eigenvalue weighted by Crippen LogP contribution is -2.36. The van der Waals surface area contributed by atoms with E-state index in [4.69, 9.17) is 4.74 Å². The van der Waals surface area contributed by atoms with Crippen LogP contribution in [0.3, 0.4) is 0 Å². The fourth-order valence-electron chi connectivity index (χ4n) is 2.42. The van der Waals surface area contributed by atoms with Gasteiger partial charge < -0.3 is 4.74 Å². The van der Waals surface area contributed by atoms with Crippen molar-refractivity contribution in [2.45, 2.75) is 59.5 Å². The molecule has 1 heterocycles. The van der Waals surface area contributed by atoms with E-state index in [-0.39, 0.29) is 5.60 Å². The zero-order valence-electron chi connectivity index (χ0n) is 11.1. The van der Waals surface area contributed by atoms with E-state index in [1.54, 1.807) is 0 Å². The van der Waals surface area contributed by atoms with Crippen LogP contribution in [0, 0.1) is 20.8 Å². The van der Waals surface area contributed by atoms with Crippen molar-refractivity contribution in [1.82, 2.24) is 0 Å². The average molecular weight is 218 g/mol. The second-order valence-corrected chi connectivity index (χ2v) is 5.34. The Morgan fingerprint density at radius 1 is 1.25 bits per heavy atom. The lowest BCUT2D eigenvalue weighted by molar-refractivity contribution is 0.0602. The maximum absolute atomic E-state index is 6.24. The first-order valence-electron chi connectivity index (χ1n) is 6.25. The van der Waals surface area contributed by atoms with Crippen molar-refractivity contribution in [3.8, 4) is 5.75 Å². The van der Waals surface area contributed by atoms with E-state index in [1.165, 1.54) is 22.3 Å². The van der Waals surface area contributed by atoms with Gasteiger partial charge in [0.05, 0.1) is 0 Å². The Labute approximate surface area is 98.8 Å². The molecule has 0 saturated heterocycles. The Hall–Kier alpha value is -0.980. The highest BCUT2D eigenvalue weighted by Gasteiger charge is 2.31. The summed E-state index contributed by atoms with van der Waals surface area (Å²) in [5.41, 5.74) is 5.53. The fraction of sp³-hybridized carbons (Fsp3) is 0.600. The van der Waals surface area contributed by atoms with Crippen LogP contribution in [0.15, 0.2) is 6.07 Å². The lowest BCUT2D eigenvalue weighted by atomic mass is 9.87. The van der Waals surface area contributed by atoms with Gasteiger partial charge in [-0.25, -0.2) is 0 Å². The Morgan fingerprint density at radius 2 is 1.94 bits per heavy atom. The third-order valence-electron chi connectivity index (χ3n) is 4.20. The van der Waals surface area contributed by atoms with Gasteiger partial charge in [0, 0.05) is 0 Å². The van der Waals surface area contributed by atoms with Gasteiger partial charge in [-0.3, -0.25) is 0 Å². The SMILES string of the molecule is CC[C@]1(C)CCc2cc(C)c(C)c(C)c2O1. The molecule has 1 aromatic rings. The molecule has 1 nitrogen and oxygen atoms in total. The lowest BCUT2D eigenvalue weighted by Gasteiger charge is -2.36. The van der Waals surface area contributed by atoms with E-state index < -0.39 is 0 Å². The first kappa shape index (κ1) is 11.5. The van der Waals surface area contributed by atoms with Gasteiger partial charge in [-0.1, -0.05) is 13.0 Å². The molecule has 0 spiro atoms. The summed E-state index contributed by atoms with van der Waals surface area (Å²) >= 11 is 0. The van der Waals surface area contributed by atoms with Crippen molar-refractivity contribution in [1.29, 1.82) is 0 Å². The van der Waals surface area contributed by atoms with E-state index in [2.05, 4.69) is 40.7 Å². The standard InChI is InChI=1S/C15H22O/c1-6-15(5)8-7-13-9-10(2)11(3)12(4)14(13)16-15/h9H,6-8H2,1-5H3/t15-/m1/s1. The highest BCUT2D eigenvalue weighted by Crippen LogP contribution is 2.39. The van der Waals surface area contributed by atoms with Crippen molar-refractivity contribution in [2.24, 2.45) is 0 Å². The highest BCUT2D eigenvalue weighted by molar-refractivity contribution is 5.50. The second-order valence-electron chi connectivity index (χ2n) is 5.34. The quantitative estimate of drug-likeness (QED) is 0.689. The largest absolute Gasteiger partial charge is 0.487 e. The van der Waals surface area contributed by atoms with Crippen LogP contribution in [-0.4, -0.2) is 5.60 Å². The van der Waals surface area contributed by atoms with E-state index in [1.807, 2.05) is 0 Å². The Bertz CT molecular complexity index is 420. The number of rotatable bonds is 1. The van der Waals surface area contributed by atoms with Gasteiger partial charge in [0.25, 0.3) is 0 Å². The summed E-state index contributed by atoms with van der Waals surface area (Å²) in [5.74, 6) is 1.15. The van der Waals surface area contributed by atoms with Gasteiger partial charge in [0.2, 0.25) is 0 Å². The molecule has 0 unspecified atom stereocenters. The molecule has 16 heavy (non-hydrogen) atoms. The second kappa shape index (κ2) is 3.80. The highest BCUT2D eigenvalue weighted by atomic mass is 16.5. The molecule has 88 valence electrons. The van der Waals surface area contributed by atoms with Gasteiger partial charge in [-0.05, 0) is 69.2 Å². The van der Waals surface area contributed by atoms with Gasteiger partial charge >= 0.3 is 0 Å². The van der Waals surface area contributed by atoms with Crippen LogP contribution in [0.4, 0.5) is 0 Å². The number of ether oxygens (including phenoxy) is 1. The molecule has 0 bridgehead atoms. The van der Waals surface area contributed by atoms with Crippen molar-refractivity contribution in [3.05, 3.63) is 28.3 Å². The maximum atomic E-state index is 6.24. The monoisotopic (exact) mass is 218 g/mol. The molecule has 2 rings (SSSR count). The van der Waals surface area contributed by atoms with Crippen molar-refractivity contribution in [3.63, 3.8) is 0 Å². The van der Waals surface area contributed by atoms with Crippen LogP contribution in [0.1, 0.15) is 48.9 Å². The smallest absolute Gasteiger partial charge is 0.126 e. The normalized spacial score (nSPS) is 23.8. The molecule has 0 radical (unpaired) electrons. The van der Waals surface area contributed by atoms with Gasteiger partial charge in [-0.2, -0.15) is 0 Å². The van der Waals surface area contributed by atoms with E-state index in [0.717, 1.165) is 25.0 Å². The molecule has 0 amide bonds. The Balaban J connectivity index is 2.49. The van der Waals surface area contributed by atoms with Gasteiger partial charge in [0.1, 0.15) is 11.4 Å². The number of benzene rings is 1. The molecule has 1 heteroatoms. The predicted molar refractivity (Wildman–Crippen MR) is 68.3 cm³/mol. The first-order chi connectivity index (χ1) is 7.47. The Kier molecular flexibility index (Phi) is 2.73. The molecule has 1 aliphatic heterocycles. The molecule has 1 aliphatic rings. The fourth-order valence-corrected chi connectivity index (χ4v) is 2.42. The molecular weight excluding hydrogens is 196 g/mol. The van der Waals surface area contributed by atoms with Crippen molar-refractivity contribution in [2.75, 3.05) is 0 Å². The molecule has 0 saturated carbocycles. The third kappa shape index (κ3) is 1.73. The molecular formula is C15H22O. The summed E-state index contributed by atoms with van der Waals surface area (Å²) < 4.78 is 6.24. The zero-order valence-corrected chi connectivity index (χ0v) is 11.1. The molecule has 1 atom stereocenters. The summed E-state index contributed by atoms with van der Waals surface area (Å²) in [4.78, 5) is 0. The van der Waals surface area contributed by atoms with Crippen LogP contribution in [0.2, 0.25) is 0 Å². The van der Waals surface area contributed by atoms with E-state index in [9.17, 15) is 0 Å². The van der Waals surface area contributed by atoms with Crippen LogP contribution in [0.25, 0.3) is 0 Å². The number of aryl methyl sites for hydroxylation is 2. The van der Waals surface area contributed by atoms with Crippen LogP contribution < -0.4 is 4.74 Å². The summed E-state index contributed by atoms with van der Waals surface area (Å²) in [6.45, 7) is 11.0. The van der Waals surface area contributed by atoms with Crippen LogP contribution in [-0.2, 0) is 6.42 Å². The number of hydrogen-bond acceptors (Lipinski definition) is 1. The average Bonchev–Trinajstić information content (AvgIpc) is 2.28. The summed E-state index contributed by atoms with van der Waals surface area (Å²) in [6.07, 6.45) is 3.37. The summed E-state index contributed by atoms with van der Waals surface area (Å²) in [5, 5.41) is 0. The van der Waals surface area contributed by atoms with Crippen molar-refractivity contribution < 1.29 is 4.74 Å². The number of fused-ring (bicyclic) bond motifs is 1. The number of hydrogen-bond donors (Lipinski definition) is 0. The minimum atomic E-state index is 0.0411. The minimum Gasteiger partial charge on any atom is -0.487 e. The maximum Gasteiger partial charge on any atom is 0.126 e. The van der Waals surface area contributed by atoms with Crippen molar-refractivity contribution >= 4 is 0 Å². The van der Waals surface area contributed by atoms with Gasteiger partial charge in [0.15, 0.2) is 0 Å². The Morgan fingerprint density at radius 3 is 2.56 bits per heavy atom. The molecule has 0 N–H and O–H groups in total. The summed E-state index contributed by atoms with van der Waals surface area (Å²) in [6, 6.07) is 2.30. The van der Waals surface area contributed by atoms with E-state index >= 15 is 0 Å². The molecule has 1 aromatic carbocycles. The molecule has 0 fully saturated rings. The summed E-state index contributed by atoms with van der Waals surface area (Å²) in [7, 11) is 0. The first-order valence-corrected chi connectivity index (χ1v) is 6.25. The molecule has 0 aromatic heterocycles. The van der Waals surface area contributed by atoms with E-state index in [0.29, 0.717) is 0 Å². The molecule has 0 aliphatic carbocycles. The van der Waals surface area contributed by atoms with Crippen LogP contribution in [0.5, 0.6) is 5.75 Å². The van der Waals surface area contributed by atoms with Gasteiger partial charge in [-0.15, -0.1) is 0 Å². The zero-order chi connectivity index (χ0) is 11.9. The van der Waals surface area contributed by atoms with Crippen LogP contribution >= 0.6 is 0 Å². The minimum absolute atomic E-state index is 0.0411. The predicted octanol–water partition coefficient (Wildman–Crippen LogP) is 4.11.